The van der Waals surface area contributed by atoms with Gasteiger partial charge in [-0.3, -0.25) is 19.3 Å². The van der Waals surface area contributed by atoms with E-state index in [9.17, 15) is 14.4 Å². The molecule has 0 bridgehead atoms. The number of anilines is 2. The molecule has 0 saturated heterocycles. The lowest BCUT2D eigenvalue weighted by Gasteiger charge is -2.31. The monoisotopic (exact) mass is 632 g/mol. The number of thioether (sulfide) groups is 1. The summed E-state index contributed by atoms with van der Waals surface area (Å²) >= 11 is 15.1. The zero-order valence-electron chi connectivity index (χ0n) is 21.5. The van der Waals surface area contributed by atoms with Gasteiger partial charge in [-0.25, -0.2) is 0 Å². The van der Waals surface area contributed by atoms with Gasteiger partial charge >= 0.3 is 0 Å². The molecule has 0 fully saturated rings. The van der Waals surface area contributed by atoms with Crippen molar-refractivity contribution in [1.82, 2.24) is 10.2 Å². The lowest BCUT2D eigenvalue weighted by atomic mass is 9.84. The number of halogens is 2. The van der Waals surface area contributed by atoms with Crippen LogP contribution < -0.4 is 15.2 Å². The standard InChI is InChI=1S/C30H18Cl2N4O4S2/c1-2-13-35-21-10-6-4-8-19(21)30(27(35)39)23-24(37)18-14-17(31)11-12-22(18)40-25(23)26(38)36(30)28-33-34-29(42-28)41-15-16-7-3-5-9-20(16)32/h2-12,14H,1,13,15H2. The van der Waals surface area contributed by atoms with Crippen LogP contribution in [0.4, 0.5) is 10.8 Å². The number of para-hydroxylation sites is 1. The predicted molar refractivity (Wildman–Crippen MR) is 165 cm³/mol. The molecule has 1 unspecified atom stereocenters. The lowest BCUT2D eigenvalue weighted by Crippen LogP contribution is -2.53. The Balaban J connectivity index is 1.44. The summed E-state index contributed by atoms with van der Waals surface area (Å²) in [5.74, 6) is -0.862. The molecule has 8 nitrogen and oxygen atoms in total. The SMILES string of the molecule is C=CCN1C(=O)C2(c3ccccc31)c1c(oc3ccc(Cl)cc3c1=O)C(=O)N2c1nnc(SCc2ccccc2Cl)s1. The third kappa shape index (κ3) is 3.79. The maximum Gasteiger partial charge on any atom is 0.297 e. The first-order valence-corrected chi connectivity index (χ1v) is 15.3. The summed E-state index contributed by atoms with van der Waals surface area (Å²) in [7, 11) is 0. The molecule has 2 aliphatic rings. The highest BCUT2D eigenvalue weighted by atomic mass is 35.5. The van der Waals surface area contributed by atoms with Crippen LogP contribution >= 0.6 is 46.3 Å². The van der Waals surface area contributed by atoms with E-state index < -0.39 is 22.8 Å². The number of aromatic nitrogens is 2. The van der Waals surface area contributed by atoms with Crippen molar-refractivity contribution in [1.29, 1.82) is 0 Å². The molecular weight excluding hydrogens is 615 g/mol. The molecule has 1 spiro atoms. The molecular formula is C30H18Cl2N4O4S2. The molecule has 3 aromatic carbocycles. The van der Waals surface area contributed by atoms with Crippen LogP contribution in [0.15, 0.2) is 92.9 Å². The Bertz CT molecular complexity index is 2030. The normalized spacial score (nSPS) is 17.4. The van der Waals surface area contributed by atoms with Crippen molar-refractivity contribution in [2.24, 2.45) is 0 Å². The molecule has 5 aromatic rings. The Morgan fingerprint density at radius 2 is 1.81 bits per heavy atom. The summed E-state index contributed by atoms with van der Waals surface area (Å²) < 4.78 is 6.63. The van der Waals surface area contributed by atoms with Gasteiger partial charge in [-0.2, -0.15) is 0 Å². The van der Waals surface area contributed by atoms with Gasteiger partial charge in [-0.15, -0.1) is 16.8 Å². The summed E-state index contributed by atoms with van der Waals surface area (Å²) in [6.07, 6.45) is 1.59. The zero-order valence-corrected chi connectivity index (χ0v) is 24.7. The minimum Gasteiger partial charge on any atom is -0.450 e. The molecule has 4 heterocycles. The van der Waals surface area contributed by atoms with E-state index in [0.29, 0.717) is 31.4 Å². The zero-order chi connectivity index (χ0) is 29.2. The van der Waals surface area contributed by atoms with Crippen LogP contribution in [-0.4, -0.2) is 28.6 Å². The first kappa shape index (κ1) is 26.9. The molecule has 2 aromatic heterocycles. The first-order chi connectivity index (χ1) is 20.4. The third-order valence-electron chi connectivity index (χ3n) is 7.29. The Morgan fingerprint density at radius 1 is 1.02 bits per heavy atom. The van der Waals surface area contributed by atoms with Gasteiger partial charge in [0.05, 0.1) is 16.6 Å². The van der Waals surface area contributed by atoms with Crippen molar-refractivity contribution in [2.45, 2.75) is 15.6 Å². The fraction of sp³-hybridized carbons (Fsp3) is 0.100. The molecule has 208 valence electrons. The van der Waals surface area contributed by atoms with Crippen molar-refractivity contribution in [3.05, 3.63) is 122 Å². The number of hydrogen-bond acceptors (Lipinski definition) is 8. The van der Waals surface area contributed by atoms with Gasteiger partial charge in [0.25, 0.3) is 11.8 Å². The maximum absolute atomic E-state index is 14.6. The second kappa shape index (κ2) is 10.1. The first-order valence-electron chi connectivity index (χ1n) is 12.7. The maximum atomic E-state index is 14.6. The van der Waals surface area contributed by atoms with Crippen molar-refractivity contribution >= 4 is 79.9 Å². The second-order valence-corrected chi connectivity index (χ2v) is 12.6. The van der Waals surface area contributed by atoms with Gasteiger partial charge < -0.3 is 9.32 Å². The van der Waals surface area contributed by atoms with Gasteiger partial charge in [-0.1, -0.05) is 88.8 Å². The minimum absolute atomic E-state index is 0.0771. The van der Waals surface area contributed by atoms with E-state index in [0.717, 1.165) is 16.9 Å². The summed E-state index contributed by atoms with van der Waals surface area (Å²) in [6.45, 7) is 3.97. The quantitative estimate of drug-likeness (QED) is 0.117. The van der Waals surface area contributed by atoms with Crippen LogP contribution in [0.1, 0.15) is 27.2 Å². The van der Waals surface area contributed by atoms with Crippen LogP contribution in [0.3, 0.4) is 0 Å². The van der Waals surface area contributed by atoms with Crippen molar-refractivity contribution < 1.29 is 14.0 Å². The van der Waals surface area contributed by atoms with Crippen LogP contribution in [-0.2, 0) is 16.1 Å². The summed E-state index contributed by atoms with van der Waals surface area (Å²) in [4.78, 5) is 45.9. The van der Waals surface area contributed by atoms with Gasteiger partial charge in [0, 0.05) is 27.9 Å². The van der Waals surface area contributed by atoms with E-state index in [4.69, 9.17) is 27.6 Å². The van der Waals surface area contributed by atoms with Crippen molar-refractivity contribution in [3.63, 3.8) is 0 Å². The predicted octanol–water partition coefficient (Wildman–Crippen LogP) is 6.68. The summed E-state index contributed by atoms with van der Waals surface area (Å²) in [5.41, 5.74) is -0.356. The number of fused-ring (bicyclic) bond motifs is 5. The highest BCUT2D eigenvalue weighted by molar-refractivity contribution is 8.00. The molecule has 2 amide bonds. The second-order valence-electron chi connectivity index (χ2n) is 9.58. The molecule has 0 N–H and O–H groups in total. The number of carbonyl (C=O) groups is 2. The Hall–Kier alpha value is -3.96. The highest BCUT2D eigenvalue weighted by Gasteiger charge is 2.66. The summed E-state index contributed by atoms with van der Waals surface area (Å²) in [6, 6.07) is 19.1. The van der Waals surface area contributed by atoms with E-state index >= 15 is 0 Å². The number of benzene rings is 3. The topological polar surface area (TPSA) is 96.6 Å². The number of amides is 2. The van der Waals surface area contributed by atoms with E-state index in [1.165, 1.54) is 33.7 Å². The number of hydrogen-bond donors (Lipinski definition) is 0. The molecule has 1 atom stereocenters. The van der Waals surface area contributed by atoms with Crippen molar-refractivity contribution in [3.8, 4) is 0 Å². The van der Waals surface area contributed by atoms with Gasteiger partial charge in [0.1, 0.15) is 5.58 Å². The van der Waals surface area contributed by atoms with E-state index in [1.807, 2.05) is 24.3 Å². The fourth-order valence-corrected chi connectivity index (χ4v) is 7.90. The molecule has 0 radical (unpaired) electrons. The average Bonchev–Trinajstić information content (AvgIpc) is 3.63. The molecule has 7 rings (SSSR count). The van der Waals surface area contributed by atoms with E-state index in [1.54, 1.807) is 36.4 Å². The van der Waals surface area contributed by atoms with Crippen LogP contribution in [0, 0.1) is 0 Å². The molecule has 0 aliphatic carbocycles. The molecule has 42 heavy (non-hydrogen) atoms. The Kier molecular flexibility index (Phi) is 6.47. The largest absolute Gasteiger partial charge is 0.450 e. The Morgan fingerprint density at radius 3 is 2.62 bits per heavy atom. The lowest BCUT2D eigenvalue weighted by molar-refractivity contribution is -0.121. The average molecular weight is 634 g/mol. The number of nitrogens with zero attached hydrogens (tertiary/aromatic N) is 4. The summed E-state index contributed by atoms with van der Waals surface area (Å²) in [5, 5.41) is 9.92. The highest BCUT2D eigenvalue weighted by Crippen LogP contribution is 2.54. The van der Waals surface area contributed by atoms with Gasteiger partial charge in [-0.05, 0) is 35.9 Å². The third-order valence-corrected chi connectivity index (χ3v) is 9.99. The van der Waals surface area contributed by atoms with Gasteiger partial charge in [0.15, 0.2) is 15.3 Å². The van der Waals surface area contributed by atoms with Crippen LogP contribution in [0.5, 0.6) is 0 Å². The van der Waals surface area contributed by atoms with Crippen LogP contribution in [0.2, 0.25) is 10.0 Å². The number of carbonyl (C=O) groups excluding carboxylic acids is 2. The number of rotatable bonds is 6. The fourth-order valence-electron chi connectivity index (χ4n) is 5.55. The Labute approximate surface area is 257 Å². The van der Waals surface area contributed by atoms with Gasteiger partial charge in [0.2, 0.25) is 10.9 Å². The van der Waals surface area contributed by atoms with E-state index in [-0.39, 0.29) is 34.0 Å². The smallest absolute Gasteiger partial charge is 0.297 e. The molecule has 0 saturated carbocycles. The molecule has 2 aliphatic heterocycles. The molecule has 12 heteroatoms. The van der Waals surface area contributed by atoms with Crippen LogP contribution in [0.25, 0.3) is 11.0 Å². The van der Waals surface area contributed by atoms with Crippen molar-refractivity contribution in [2.75, 3.05) is 16.3 Å². The van der Waals surface area contributed by atoms with E-state index in [2.05, 4.69) is 16.8 Å². The minimum atomic E-state index is -1.87.